The number of nitrogens with two attached hydrogens (primary N) is 1. The van der Waals surface area contributed by atoms with Gasteiger partial charge >= 0.3 is 0 Å². The summed E-state index contributed by atoms with van der Waals surface area (Å²) in [6.07, 6.45) is 6.80. The molecule has 0 bridgehead atoms. The highest BCUT2D eigenvalue weighted by atomic mass is 19.1. The first kappa shape index (κ1) is 32.6. The predicted octanol–water partition coefficient (Wildman–Crippen LogP) is 6.20. The van der Waals surface area contributed by atoms with Crippen LogP contribution < -0.4 is 10.5 Å². The van der Waals surface area contributed by atoms with E-state index in [2.05, 4.69) is 34.8 Å². The molecule has 1 aliphatic rings. The summed E-state index contributed by atoms with van der Waals surface area (Å²) in [5.41, 5.74) is 7.39. The minimum Gasteiger partial charge on any atom is -0.457 e. The number of rotatable bonds is 12. The van der Waals surface area contributed by atoms with Crippen LogP contribution in [0, 0.1) is 23.1 Å². The largest absolute Gasteiger partial charge is 0.457 e. The number of hydrogen-bond donors (Lipinski definition) is 1. The highest BCUT2D eigenvalue weighted by Gasteiger charge is 2.32. The number of para-hydroxylation sites is 1. The molecule has 0 radical (unpaired) electrons. The van der Waals surface area contributed by atoms with Crippen molar-refractivity contribution in [2.45, 2.75) is 65.1 Å². The Morgan fingerprint density at radius 2 is 2.00 bits per heavy atom. The molecule has 4 aromatic rings. The fraction of sp³-hybridized carbons (Fsp3) is 0.400. The summed E-state index contributed by atoms with van der Waals surface area (Å²) in [4.78, 5) is 26.2. The third kappa shape index (κ3) is 7.18. The van der Waals surface area contributed by atoms with Gasteiger partial charge in [0.2, 0.25) is 0 Å². The van der Waals surface area contributed by atoms with Crippen molar-refractivity contribution < 1.29 is 13.9 Å². The number of amides is 1. The Morgan fingerprint density at radius 3 is 2.72 bits per heavy atom. The number of ether oxygens (including phenoxy) is 1. The van der Waals surface area contributed by atoms with Crippen molar-refractivity contribution in [2.75, 3.05) is 25.9 Å². The van der Waals surface area contributed by atoms with Gasteiger partial charge in [-0.1, -0.05) is 38.5 Å². The van der Waals surface area contributed by atoms with E-state index >= 15 is 4.39 Å². The molecule has 240 valence electrons. The van der Waals surface area contributed by atoms with Crippen molar-refractivity contribution in [3.63, 3.8) is 0 Å². The molecule has 10 nitrogen and oxygen atoms in total. The highest BCUT2D eigenvalue weighted by Crippen LogP contribution is 2.35. The van der Waals surface area contributed by atoms with Crippen LogP contribution in [0.15, 0.2) is 66.5 Å². The van der Waals surface area contributed by atoms with E-state index in [1.54, 1.807) is 39.9 Å². The molecular formula is C35H41FN8O2. The standard InChI is InChI=1S/C35H41FN8O2/c1-5-23(2)15-17-42(4)24(3)18-25(20-37)35(45)43-16-9-10-26(43)21-44-34-31(33(38)39-22-40-34)32(41-44)29-14-13-28(19-30(29)36)46-27-11-7-6-8-12-27/h6-8,11-14,18-19,22-24,26H,5,9-10,15-17,21H2,1-4H3,(H2,38,39,40)/b25-18+/t23?,24?,26-/m0/s1. The molecule has 0 aliphatic carbocycles. The maximum Gasteiger partial charge on any atom is 0.264 e. The Hall–Kier alpha value is -4.82. The zero-order chi connectivity index (χ0) is 32.8. The van der Waals surface area contributed by atoms with E-state index in [4.69, 9.17) is 15.6 Å². The predicted molar refractivity (Wildman–Crippen MR) is 176 cm³/mol. The minimum atomic E-state index is -0.534. The molecule has 1 aliphatic heterocycles. The van der Waals surface area contributed by atoms with Gasteiger partial charge in [0.05, 0.1) is 18.0 Å². The molecule has 1 saturated heterocycles. The van der Waals surface area contributed by atoms with Crippen molar-refractivity contribution >= 4 is 22.8 Å². The van der Waals surface area contributed by atoms with Gasteiger partial charge in [0.15, 0.2) is 5.65 Å². The Labute approximate surface area is 269 Å². The Kier molecular flexibility index (Phi) is 10.3. The van der Waals surface area contributed by atoms with Gasteiger partial charge in [0.25, 0.3) is 5.91 Å². The molecule has 11 heteroatoms. The summed E-state index contributed by atoms with van der Waals surface area (Å²) in [5, 5.41) is 15.2. The molecule has 46 heavy (non-hydrogen) atoms. The van der Waals surface area contributed by atoms with Gasteiger partial charge in [-0.15, -0.1) is 0 Å². The van der Waals surface area contributed by atoms with Crippen LogP contribution >= 0.6 is 0 Å². The first-order valence-corrected chi connectivity index (χ1v) is 15.8. The summed E-state index contributed by atoms with van der Waals surface area (Å²) in [6.45, 7) is 8.13. The molecule has 2 aromatic heterocycles. The van der Waals surface area contributed by atoms with Crippen LogP contribution in [0.3, 0.4) is 0 Å². The number of nitrogens with zero attached hydrogens (tertiary/aromatic N) is 7. The van der Waals surface area contributed by atoms with E-state index in [1.165, 1.54) is 12.4 Å². The Morgan fingerprint density at radius 1 is 1.22 bits per heavy atom. The molecule has 2 N–H and O–H groups in total. The van der Waals surface area contributed by atoms with Crippen LogP contribution in [-0.2, 0) is 11.3 Å². The number of carbonyl (C=O) groups excluding carboxylic acids is 1. The van der Waals surface area contributed by atoms with E-state index in [0.717, 1.165) is 32.2 Å². The lowest BCUT2D eigenvalue weighted by Gasteiger charge is -2.26. The van der Waals surface area contributed by atoms with Crippen LogP contribution in [0.4, 0.5) is 10.2 Å². The molecular weight excluding hydrogens is 583 g/mol. The molecule has 3 heterocycles. The van der Waals surface area contributed by atoms with Gasteiger partial charge < -0.3 is 20.3 Å². The zero-order valence-electron chi connectivity index (χ0n) is 26.9. The van der Waals surface area contributed by atoms with Crippen LogP contribution in [0.5, 0.6) is 11.5 Å². The molecule has 1 fully saturated rings. The number of likely N-dealkylation sites (N-methyl/N-ethyl adjacent to an activating group) is 1. The van der Waals surface area contributed by atoms with Gasteiger partial charge in [-0.25, -0.2) is 19.0 Å². The quantitative estimate of drug-likeness (QED) is 0.146. The molecule has 1 amide bonds. The summed E-state index contributed by atoms with van der Waals surface area (Å²) >= 11 is 0. The van der Waals surface area contributed by atoms with Crippen molar-refractivity contribution in [3.05, 3.63) is 72.3 Å². The zero-order valence-corrected chi connectivity index (χ0v) is 26.9. The molecule has 0 spiro atoms. The normalized spacial score (nSPS) is 16.5. The topological polar surface area (TPSA) is 126 Å². The van der Waals surface area contributed by atoms with Gasteiger partial charge in [-0.2, -0.15) is 10.4 Å². The average molecular weight is 625 g/mol. The summed E-state index contributed by atoms with van der Waals surface area (Å²) in [7, 11) is 2.02. The van der Waals surface area contributed by atoms with Crippen molar-refractivity contribution in [1.29, 1.82) is 5.26 Å². The second kappa shape index (κ2) is 14.5. The van der Waals surface area contributed by atoms with E-state index in [9.17, 15) is 10.1 Å². The number of nitrogen functional groups attached to an aromatic ring is 1. The second-order valence-electron chi connectivity index (χ2n) is 12.1. The molecule has 0 saturated carbocycles. The average Bonchev–Trinajstić information content (AvgIpc) is 3.68. The lowest BCUT2D eigenvalue weighted by atomic mass is 10.0. The van der Waals surface area contributed by atoms with Crippen molar-refractivity contribution in [1.82, 2.24) is 29.5 Å². The van der Waals surface area contributed by atoms with Crippen LogP contribution in [-0.4, -0.2) is 67.7 Å². The highest BCUT2D eigenvalue weighted by molar-refractivity contribution is 5.99. The smallest absolute Gasteiger partial charge is 0.264 e. The van der Waals surface area contributed by atoms with E-state index in [0.29, 0.717) is 47.2 Å². The van der Waals surface area contributed by atoms with Gasteiger partial charge in [-0.05, 0) is 76.0 Å². The number of anilines is 1. The maximum absolute atomic E-state index is 15.6. The molecule has 3 atom stereocenters. The third-order valence-electron chi connectivity index (χ3n) is 8.88. The number of carbonyl (C=O) groups is 1. The minimum absolute atomic E-state index is 0.0691. The van der Waals surface area contributed by atoms with Gasteiger partial charge in [0, 0.05) is 24.2 Å². The molecule has 5 rings (SSSR count). The van der Waals surface area contributed by atoms with Crippen LogP contribution in [0.2, 0.25) is 0 Å². The summed E-state index contributed by atoms with van der Waals surface area (Å²) in [5.74, 6) is 0.903. The van der Waals surface area contributed by atoms with Crippen LogP contribution in [0.25, 0.3) is 22.3 Å². The number of benzene rings is 2. The summed E-state index contributed by atoms with van der Waals surface area (Å²) in [6, 6.07) is 15.6. The number of likely N-dealkylation sites (tertiary alicyclic amines) is 1. The summed E-state index contributed by atoms with van der Waals surface area (Å²) < 4.78 is 23.0. The van der Waals surface area contributed by atoms with Crippen molar-refractivity contribution in [2.24, 2.45) is 5.92 Å². The number of aromatic nitrogens is 4. The lowest BCUT2D eigenvalue weighted by molar-refractivity contribution is -0.127. The van der Waals surface area contributed by atoms with E-state index in [1.807, 2.05) is 32.2 Å². The number of halogens is 1. The number of fused-ring (bicyclic) bond motifs is 1. The third-order valence-corrected chi connectivity index (χ3v) is 8.88. The van der Waals surface area contributed by atoms with E-state index in [-0.39, 0.29) is 34.9 Å². The van der Waals surface area contributed by atoms with Gasteiger partial charge in [-0.3, -0.25) is 4.79 Å². The first-order chi connectivity index (χ1) is 22.2. The van der Waals surface area contributed by atoms with E-state index < -0.39 is 5.82 Å². The lowest BCUT2D eigenvalue weighted by Crippen LogP contribution is -2.39. The SMILES string of the molecule is CCC(C)CCN(C)C(C)/C=C(\C#N)C(=O)N1CCC[C@H]1Cn1nc(-c2ccc(Oc3ccccc3)cc2F)c2c(N)ncnc21. The molecule has 2 aromatic carbocycles. The fourth-order valence-electron chi connectivity index (χ4n) is 5.73. The fourth-order valence-corrected chi connectivity index (χ4v) is 5.73. The first-order valence-electron chi connectivity index (χ1n) is 15.8. The van der Waals surface area contributed by atoms with Gasteiger partial charge in [0.1, 0.15) is 46.8 Å². The molecule has 2 unspecified atom stereocenters. The second-order valence-corrected chi connectivity index (χ2v) is 12.1. The maximum atomic E-state index is 15.6. The monoisotopic (exact) mass is 624 g/mol. The van der Waals surface area contributed by atoms with Crippen molar-refractivity contribution in [3.8, 4) is 28.8 Å². The van der Waals surface area contributed by atoms with Crippen LogP contribution in [0.1, 0.15) is 46.5 Å². The Bertz CT molecular complexity index is 1750. The Balaban J connectivity index is 1.38. The number of nitriles is 1. The number of hydrogen-bond acceptors (Lipinski definition) is 8.